The van der Waals surface area contributed by atoms with Gasteiger partial charge in [-0.25, -0.2) is 0 Å². The monoisotopic (exact) mass is 289 g/mol. The molecular formula is C14H15N3O4. The summed E-state index contributed by atoms with van der Waals surface area (Å²) in [5.41, 5.74) is 0.752. The second-order valence-electron chi connectivity index (χ2n) is 5.35. The number of carbonyl (C=O) groups excluding carboxylic acids is 2. The lowest BCUT2D eigenvalue weighted by Crippen LogP contribution is -2.51. The molecule has 7 nitrogen and oxygen atoms in total. The summed E-state index contributed by atoms with van der Waals surface area (Å²) >= 11 is 0. The molecule has 7 heteroatoms. The van der Waals surface area contributed by atoms with E-state index in [1.165, 1.54) is 6.07 Å². The first kappa shape index (κ1) is 13.5. The van der Waals surface area contributed by atoms with Gasteiger partial charge in [0.1, 0.15) is 12.0 Å². The van der Waals surface area contributed by atoms with Gasteiger partial charge in [0.05, 0.1) is 4.92 Å². The van der Waals surface area contributed by atoms with Gasteiger partial charge >= 0.3 is 0 Å². The van der Waals surface area contributed by atoms with Gasteiger partial charge in [-0.2, -0.15) is 0 Å². The fraction of sp³-hybridized carbons (Fsp3) is 0.429. The SMILES string of the molecule is O=Cc1ccc(N2CCN3C(=O)CCC3C2)c([N+](=O)[O-])c1. The number of nitro groups is 1. The van der Waals surface area contributed by atoms with Crippen molar-refractivity contribution >= 4 is 23.6 Å². The molecule has 2 aliphatic heterocycles. The van der Waals surface area contributed by atoms with Gasteiger partial charge in [0, 0.05) is 43.7 Å². The van der Waals surface area contributed by atoms with E-state index in [1.807, 2.05) is 9.80 Å². The first-order valence-electron chi connectivity index (χ1n) is 6.88. The molecule has 110 valence electrons. The second kappa shape index (κ2) is 5.16. The van der Waals surface area contributed by atoms with Gasteiger partial charge in [0.25, 0.3) is 5.69 Å². The fourth-order valence-electron chi connectivity index (χ4n) is 3.11. The predicted molar refractivity (Wildman–Crippen MR) is 75.4 cm³/mol. The largest absolute Gasteiger partial charge is 0.362 e. The summed E-state index contributed by atoms with van der Waals surface area (Å²) in [4.78, 5) is 37.0. The second-order valence-corrected chi connectivity index (χ2v) is 5.35. The molecule has 2 fully saturated rings. The number of aldehydes is 1. The smallest absolute Gasteiger partial charge is 0.293 e. The molecule has 3 rings (SSSR count). The quantitative estimate of drug-likeness (QED) is 0.474. The lowest BCUT2D eigenvalue weighted by Gasteiger charge is -2.38. The maximum atomic E-state index is 11.7. The Morgan fingerprint density at radius 1 is 1.33 bits per heavy atom. The Hall–Kier alpha value is -2.44. The van der Waals surface area contributed by atoms with E-state index >= 15 is 0 Å². The average Bonchev–Trinajstić information content (AvgIpc) is 2.87. The van der Waals surface area contributed by atoms with Crippen LogP contribution < -0.4 is 4.90 Å². The summed E-state index contributed by atoms with van der Waals surface area (Å²) in [7, 11) is 0. The van der Waals surface area contributed by atoms with Gasteiger partial charge < -0.3 is 9.80 Å². The number of nitro benzene ring substituents is 1. The molecule has 0 spiro atoms. The standard InChI is InChI=1S/C14H15N3O4/c18-9-10-1-3-12(13(7-10)17(20)21)15-5-6-16-11(8-15)2-4-14(16)19/h1,3,7,9,11H,2,4-6,8H2. The van der Waals surface area contributed by atoms with Gasteiger partial charge in [-0.1, -0.05) is 0 Å². The molecule has 1 atom stereocenters. The third-order valence-electron chi connectivity index (χ3n) is 4.17. The minimum absolute atomic E-state index is 0.0580. The van der Waals surface area contributed by atoms with Gasteiger partial charge in [-0.3, -0.25) is 19.7 Å². The van der Waals surface area contributed by atoms with Crippen molar-refractivity contribution in [2.24, 2.45) is 0 Å². The maximum absolute atomic E-state index is 11.7. The number of hydrogen-bond acceptors (Lipinski definition) is 5. The molecule has 0 N–H and O–H groups in total. The molecule has 0 saturated carbocycles. The molecule has 1 unspecified atom stereocenters. The molecule has 0 aromatic heterocycles. The molecule has 1 aromatic rings. The zero-order valence-electron chi connectivity index (χ0n) is 11.4. The van der Waals surface area contributed by atoms with E-state index in [-0.39, 0.29) is 17.6 Å². The highest BCUT2D eigenvalue weighted by atomic mass is 16.6. The number of nitrogens with zero attached hydrogens (tertiary/aromatic N) is 3. The Morgan fingerprint density at radius 2 is 2.14 bits per heavy atom. The molecule has 1 aromatic carbocycles. The number of hydrogen-bond donors (Lipinski definition) is 0. The van der Waals surface area contributed by atoms with E-state index in [0.717, 1.165) is 6.42 Å². The highest BCUT2D eigenvalue weighted by molar-refractivity contribution is 5.81. The minimum atomic E-state index is -0.464. The number of anilines is 1. The number of fused-ring (bicyclic) bond motifs is 1. The zero-order valence-corrected chi connectivity index (χ0v) is 11.4. The lowest BCUT2D eigenvalue weighted by molar-refractivity contribution is -0.384. The van der Waals surface area contributed by atoms with Crippen LogP contribution in [0.15, 0.2) is 18.2 Å². The lowest BCUT2D eigenvalue weighted by atomic mass is 10.1. The van der Waals surface area contributed by atoms with Crippen LogP contribution >= 0.6 is 0 Å². The molecule has 2 heterocycles. The summed E-state index contributed by atoms with van der Waals surface area (Å²) in [6, 6.07) is 4.64. The summed E-state index contributed by atoms with van der Waals surface area (Å²) in [6.07, 6.45) is 1.96. The predicted octanol–water partition coefficient (Wildman–Crippen LogP) is 1.22. The highest BCUT2D eigenvalue weighted by Gasteiger charge is 2.36. The van der Waals surface area contributed by atoms with Crippen molar-refractivity contribution < 1.29 is 14.5 Å². The number of piperazine rings is 1. The third-order valence-corrected chi connectivity index (χ3v) is 4.17. The molecule has 1 amide bonds. The van der Waals surface area contributed by atoms with Crippen LogP contribution in [0.5, 0.6) is 0 Å². The van der Waals surface area contributed by atoms with E-state index in [0.29, 0.717) is 43.6 Å². The topological polar surface area (TPSA) is 83.8 Å². The summed E-state index contributed by atoms with van der Waals surface area (Å²) in [5, 5.41) is 11.2. The molecule has 0 radical (unpaired) electrons. The molecular weight excluding hydrogens is 274 g/mol. The minimum Gasteiger partial charge on any atom is -0.362 e. The van der Waals surface area contributed by atoms with Crippen molar-refractivity contribution in [2.75, 3.05) is 24.5 Å². The molecule has 2 aliphatic rings. The van der Waals surface area contributed by atoms with Crippen LogP contribution in [-0.4, -0.2) is 47.7 Å². The normalized spacial score (nSPS) is 21.3. The van der Waals surface area contributed by atoms with E-state index < -0.39 is 4.92 Å². The summed E-state index contributed by atoms with van der Waals surface area (Å²) in [6.45, 7) is 1.77. The Labute approximate surface area is 121 Å². The fourth-order valence-corrected chi connectivity index (χ4v) is 3.11. The van der Waals surface area contributed by atoms with Gasteiger partial charge in [-0.05, 0) is 18.6 Å². The van der Waals surface area contributed by atoms with Crippen molar-refractivity contribution in [3.63, 3.8) is 0 Å². The first-order valence-corrected chi connectivity index (χ1v) is 6.88. The third kappa shape index (κ3) is 2.35. The molecule has 0 bridgehead atoms. The van der Waals surface area contributed by atoms with Crippen LogP contribution in [-0.2, 0) is 4.79 Å². The Morgan fingerprint density at radius 3 is 2.86 bits per heavy atom. The van der Waals surface area contributed by atoms with Crippen LogP contribution in [0.4, 0.5) is 11.4 Å². The molecule has 2 saturated heterocycles. The van der Waals surface area contributed by atoms with Crippen molar-refractivity contribution in [3.8, 4) is 0 Å². The number of rotatable bonds is 3. The number of benzene rings is 1. The van der Waals surface area contributed by atoms with Crippen molar-refractivity contribution in [1.29, 1.82) is 0 Å². The van der Waals surface area contributed by atoms with Gasteiger partial charge in [0.15, 0.2) is 0 Å². The first-order chi connectivity index (χ1) is 10.1. The highest BCUT2D eigenvalue weighted by Crippen LogP contribution is 2.32. The van der Waals surface area contributed by atoms with Crippen molar-refractivity contribution in [1.82, 2.24) is 4.90 Å². The van der Waals surface area contributed by atoms with Gasteiger partial charge in [-0.15, -0.1) is 0 Å². The maximum Gasteiger partial charge on any atom is 0.293 e. The van der Waals surface area contributed by atoms with E-state index in [1.54, 1.807) is 12.1 Å². The van der Waals surface area contributed by atoms with Crippen molar-refractivity contribution in [2.45, 2.75) is 18.9 Å². The van der Waals surface area contributed by atoms with Crippen LogP contribution in [0.1, 0.15) is 23.2 Å². The summed E-state index contributed by atoms with van der Waals surface area (Å²) < 4.78 is 0. The number of amides is 1. The van der Waals surface area contributed by atoms with E-state index in [9.17, 15) is 19.7 Å². The van der Waals surface area contributed by atoms with Crippen LogP contribution in [0.2, 0.25) is 0 Å². The van der Waals surface area contributed by atoms with E-state index in [2.05, 4.69) is 0 Å². The van der Waals surface area contributed by atoms with Crippen LogP contribution in [0.25, 0.3) is 0 Å². The Kier molecular flexibility index (Phi) is 3.32. The van der Waals surface area contributed by atoms with E-state index in [4.69, 9.17) is 0 Å². The molecule has 21 heavy (non-hydrogen) atoms. The number of carbonyl (C=O) groups is 2. The Bertz CT molecular complexity index is 616. The van der Waals surface area contributed by atoms with Gasteiger partial charge in [0.2, 0.25) is 5.91 Å². The Balaban J connectivity index is 1.89. The summed E-state index contributed by atoms with van der Waals surface area (Å²) in [5.74, 6) is 0.172. The van der Waals surface area contributed by atoms with Crippen molar-refractivity contribution in [3.05, 3.63) is 33.9 Å². The van der Waals surface area contributed by atoms with Crippen LogP contribution in [0.3, 0.4) is 0 Å². The zero-order chi connectivity index (χ0) is 15.0. The average molecular weight is 289 g/mol. The molecule has 0 aliphatic carbocycles. The van der Waals surface area contributed by atoms with Crippen LogP contribution in [0, 0.1) is 10.1 Å².